The van der Waals surface area contributed by atoms with Gasteiger partial charge in [-0.05, 0) is 25.0 Å². The highest BCUT2D eigenvalue weighted by molar-refractivity contribution is 7.99. The Morgan fingerprint density at radius 1 is 1.09 bits per heavy atom. The molecule has 0 radical (unpaired) electrons. The third-order valence-electron chi connectivity index (χ3n) is 4.61. The lowest BCUT2D eigenvalue weighted by Crippen LogP contribution is -2.40. The van der Waals surface area contributed by atoms with Crippen LogP contribution in [-0.4, -0.2) is 31.6 Å². The molecule has 1 aliphatic carbocycles. The topological polar surface area (TPSA) is 34.0 Å². The number of aromatic nitrogens is 3. The average molecular weight is 318 g/mol. The van der Waals surface area contributed by atoms with Crippen LogP contribution in [0.3, 0.4) is 0 Å². The molecule has 1 aromatic heterocycles. The monoisotopic (exact) mass is 318 g/mol. The summed E-state index contributed by atoms with van der Waals surface area (Å²) in [7, 11) is 0. The van der Waals surface area contributed by atoms with E-state index in [9.17, 15) is 4.39 Å². The highest BCUT2D eigenvalue weighted by atomic mass is 32.2. The van der Waals surface area contributed by atoms with Gasteiger partial charge in [-0.25, -0.2) is 4.39 Å². The Bertz CT molecular complexity index is 666. The van der Waals surface area contributed by atoms with E-state index in [1.165, 1.54) is 38.2 Å². The maximum atomic E-state index is 14.1. The maximum absolute atomic E-state index is 14.1. The number of rotatable bonds is 2. The first kappa shape index (κ1) is 14.2. The number of hydrogen-bond donors (Lipinski definition) is 0. The van der Waals surface area contributed by atoms with Crippen LogP contribution in [0.4, 0.5) is 4.39 Å². The summed E-state index contributed by atoms with van der Waals surface area (Å²) in [5.74, 6) is 1.36. The maximum Gasteiger partial charge on any atom is 0.193 e. The number of thioether (sulfide) groups is 1. The molecule has 2 aromatic rings. The SMILES string of the molecule is Fc1ccccc1-c1nnc2n1CN(C1CCCCC1)CS2. The van der Waals surface area contributed by atoms with Crippen molar-refractivity contribution in [3.8, 4) is 11.4 Å². The van der Waals surface area contributed by atoms with Gasteiger partial charge in [0.05, 0.1) is 18.1 Å². The number of fused-ring (bicyclic) bond motifs is 1. The van der Waals surface area contributed by atoms with Crippen LogP contribution in [0.1, 0.15) is 32.1 Å². The molecule has 0 spiro atoms. The normalized spacial score (nSPS) is 20.0. The van der Waals surface area contributed by atoms with E-state index in [0.29, 0.717) is 17.4 Å². The van der Waals surface area contributed by atoms with Crippen molar-refractivity contribution in [2.24, 2.45) is 0 Å². The Morgan fingerprint density at radius 2 is 1.91 bits per heavy atom. The molecule has 2 aliphatic rings. The second-order valence-corrected chi connectivity index (χ2v) is 6.92. The highest BCUT2D eigenvalue weighted by Gasteiger charge is 2.28. The Morgan fingerprint density at radius 3 is 2.73 bits per heavy atom. The number of nitrogens with zero attached hydrogens (tertiary/aromatic N) is 4. The largest absolute Gasteiger partial charge is 0.288 e. The molecule has 0 amide bonds. The van der Waals surface area contributed by atoms with E-state index in [-0.39, 0.29) is 5.82 Å². The molecule has 6 heteroatoms. The lowest BCUT2D eigenvalue weighted by Gasteiger charge is -2.36. The zero-order chi connectivity index (χ0) is 14.9. The van der Waals surface area contributed by atoms with Crippen molar-refractivity contribution in [1.29, 1.82) is 0 Å². The minimum absolute atomic E-state index is 0.238. The van der Waals surface area contributed by atoms with Crippen LogP contribution in [-0.2, 0) is 6.67 Å². The summed E-state index contributed by atoms with van der Waals surface area (Å²) in [6.07, 6.45) is 6.54. The van der Waals surface area contributed by atoms with Crippen molar-refractivity contribution >= 4 is 11.8 Å². The van der Waals surface area contributed by atoms with Gasteiger partial charge >= 0.3 is 0 Å². The van der Waals surface area contributed by atoms with Crippen LogP contribution in [0.25, 0.3) is 11.4 Å². The van der Waals surface area contributed by atoms with Gasteiger partial charge in [-0.15, -0.1) is 10.2 Å². The molecule has 1 fully saturated rings. The quantitative estimate of drug-likeness (QED) is 0.845. The average Bonchev–Trinajstić information content (AvgIpc) is 2.99. The Hall–Kier alpha value is -1.40. The van der Waals surface area contributed by atoms with Crippen LogP contribution in [0.15, 0.2) is 29.4 Å². The molecule has 1 saturated carbocycles. The third kappa shape index (κ3) is 2.54. The van der Waals surface area contributed by atoms with Crippen LogP contribution in [0.2, 0.25) is 0 Å². The third-order valence-corrected chi connectivity index (χ3v) is 5.63. The van der Waals surface area contributed by atoms with Gasteiger partial charge < -0.3 is 0 Å². The number of halogens is 1. The fraction of sp³-hybridized carbons (Fsp3) is 0.500. The van der Waals surface area contributed by atoms with Gasteiger partial charge in [0, 0.05) is 6.04 Å². The molecular weight excluding hydrogens is 299 g/mol. The summed E-state index contributed by atoms with van der Waals surface area (Å²) < 4.78 is 16.1. The van der Waals surface area contributed by atoms with E-state index in [2.05, 4.69) is 19.7 Å². The van der Waals surface area contributed by atoms with Gasteiger partial charge in [-0.1, -0.05) is 43.2 Å². The van der Waals surface area contributed by atoms with E-state index in [4.69, 9.17) is 0 Å². The van der Waals surface area contributed by atoms with Crippen molar-refractivity contribution in [2.75, 3.05) is 5.88 Å². The van der Waals surface area contributed by atoms with Crippen molar-refractivity contribution in [3.63, 3.8) is 0 Å². The molecule has 0 unspecified atom stereocenters. The molecule has 0 bridgehead atoms. The molecule has 4 nitrogen and oxygen atoms in total. The molecule has 4 rings (SSSR count). The molecule has 2 heterocycles. The van der Waals surface area contributed by atoms with Gasteiger partial charge in [0.25, 0.3) is 0 Å². The zero-order valence-corrected chi connectivity index (χ0v) is 13.2. The summed E-state index contributed by atoms with van der Waals surface area (Å²) >= 11 is 1.70. The molecule has 0 saturated heterocycles. The fourth-order valence-electron chi connectivity index (χ4n) is 3.39. The Labute approximate surface area is 133 Å². The zero-order valence-electron chi connectivity index (χ0n) is 12.4. The molecule has 1 aliphatic heterocycles. The molecule has 1 aromatic carbocycles. The predicted octanol–water partition coefficient (Wildman–Crippen LogP) is 3.74. The molecule has 22 heavy (non-hydrogen) atoms. The van der Waals surface area contributed by atoms with Crippen LogP contribution in [0, 0.1) is 5.82 Å². The van der Waals surface area contributed by atoms with E-state index in [1.807, 2.05) is 6.07 Å². The van der Waals surface area contributed by atoms with Gasteiger partial charge in [0.2, 0.25) is 0 Å². The summed E-state index contributed by atoms with van der Waals surface area (Å²) in [4.78, 5) is 2.49. The van der Waals surface area contributed by atoms with Crippen molar-refractivity contribution in [2.45, 2.75) is 50.0 Å². The summed E-state index contributed by atoms with van der Waals surface area (Å²) in [6, 6.07) is 7.44. The number of benzene rings is 1. The lowest BCUT2D eigenvalue weighted by atomic mass is 9.95. The molecular formula is C16H19FN4S. The second kappa shape index (κ2) is 6.01. The predicted molar refractivity (Wildman–Crippen MR) is 84.9 cm³/mol. The van der Waals surface area contributed by atoms with Gasteiger partial charge in [0.1, 0.15) is 5.82 Å². The van der Waals surface area contributed by atoms with Crippen LogP contribution in [0.5, 0.6) is 0 Å². The first-order valence-corrected chi connectivity index (χ1v) is 8.86. The van der Waals surface area contributed by atoms with Crippen molar-refractivity contribution < 1.29 is 4.39 Å². The fourth-order valence-corrected chi connectivity index (χ4v) is 4.37. The van der Waals surface area contributed by atoms with Gasteiger partial charge in [-0.3, -0.25) is 9.47 Å². The molecule has 0 N–H and O–H groups in total. The Balaban J connectivity index is 1.63. The second-order valence-electron chi connectivity index (χ2n) is 6.01. The minimum atomic E-state index is -0.238. The van der Waals surface area contributed by atoms with Gasteiger partial charge in [-0.2, -0.15) is 0 Å². The summed E-state index contributed by atoms with van der Waals surface area (Å²) in [5.41, 5.74) is 0.535. The van der Waals surface area contributed by atoms with Crippen LogP contribution >= 0.6 is 11.8 Å². The van der Waals surface area contributed by atoms with E-state index in [1.54, 1.807) is 23.9 Å². The molecule has 0 atom stereocenters. The van der Waals surface area contributed by atoms with Crippen molar-refractivity contribution in [3.05, 3.63) is 30.1 Å². The van der Waals surface area contributed by atoms with Crippen molar-refractivity contribution in [1.82, 2.24) is 19.7 Å². The lowest BCUT2D eigenvalue weighted by molar-refractivity contribution is 0.135. The van der Waals surface area contributed by atoms with Crippen LogP contribution < -0.4 is 0 Å². The van der Waals surface area contributed by atoms with E-state index >= 15 is 0 Å². The standard InChI is InChI=1S/C16H19FN4S/c17-14-9-5-4-8-13(14)15-18-19-16-21(15)10-20(11-22-16)12-6-2-1-3-7-12/h4-5,8-9,12H,1-3,6-7,10-11H2. The smallest absolute Gasteiger partial charge is 0.193 e. The van der Waals surface area contributed by atoms with Gasteiger partial charge in [0.15, 0.2) is 11.0 Å². The van der Waals surface area contributed by atoms with E-state index in [0.717, 1.165) is 17.7 Å². The van der Waals surface area contributed by atoms with E-state index < -0.39 is 0 Å². The summed E-state index contributed by atoms with van der Waals surface area (Å²) in [6.45, 7) is 0.768. The summed E-state index contributed by atoms with van der Waals surface area (Å²) in [5, 5.41) is 9.36. The first-order chi connectivity index (χ1) is 10.8. The number of hydrogen-bond acceptors (Lipinski definition) is 4. The Kier molecular flexibility index (Phi) is 3.88. The first-order valence-electron chi connectivity index (χ1n) is 7.88. The minimum Gasteiger partial charge on any atom is -0.288 e. The highest BCUT2D eigenvalue weighted by Crippen LogP contribution is 2.33. The molecule has 116 valence electrons.